The summed E-state index contributed by atoms with van der Waals surface area (Å²) in [6, 6.07) is 14.3. The van der Waals surface area contributed by atoms with Gasteiger partial charge in [-0.25, -0.2) is 0 Å². The van der Waals surface area contributed by atoms with E-state index in [1.165, 1.54) is 23.0 Å². The molecule has 3 nitrogen and oxygen atoms in total. The van der Waals surface area contributed by atoms with Gasteiger partial charge in [-0.05, 0) is 18.2 Å². The van der Waals surface area contributed by atoms with Crippen LogP contribution in [-0.4, -0.2) is 14.8 Å². The van der Waals surface area contributed by atoms with Gasteiger partial charge in [-0.3, -0.25) is 4.57 Å². The molecule has 0 spiro atoms. The topological polar surface area (TPSA) is 30.7 Å². The molecule has 1 aromatic heterocycles. The number of hydrogen-bond acceptors (Lipinski definition) is 2. The molecule has 0 N–H and O–H groups in total. The quantitative estimate of drug-likeness (QED) is 0.715. The minimum Gasteiger partial charge on any atom is -0.282 e. The summed E-state index contributed by atoms with van der Waals surface area (Å²) in [4.78, 5) is 0. The van der Waals surface area contributed by atoms with E-state index < -0.39 is 11.7 Å². The Morgan fingerprint density at radius 2 is 1.52 bits per heavy atom. The van der Waals surface area contributed by atoms with Gasteiger partial charge in [0.15, 0.2) is 5.82 Å². The van der Waals surface area contributed by atoms with Crippen molar-refractivity contribution in [1.82, 2.24) is 14.8 Å². The van der Waals surface area contributed by atoms with Crippen molar-refractivity contribution >= 4 is 0 Å². The molecule has 3 rings (SSSR count). The Bertz CT molecular complexity index is 748. The smallest absolute Gasteiger partial charge is 0.282 e. The predicted octanol–water partition coefficient (Wildman–Crippen LogP) is 3.95. The SMILES string of the molecule is FC(F)(F)c1ccccc1-c1nncn1-c1ccccc1. The molecular formula is C15H10F3N3. The Balaban J connectivity index is 2.18. The fourth-order valence-corrected chi connectivity index (χ4v) is 2.12. The summed E-state index contributed by atoms with van der Waals surface area (Å²) in [5.74, 6) is 0.161. The van der Waals surface area contributed by atoms with Gasteiger partial charge in [-0.1, -0.05) is 36.4 Å². The third kappa shape index (κ3) is 2.52. The highest BCUT2D eigenvalue weighted by Crippen LogP contribution is 2.36. The van der Waals surface area contributed by atoms with Crippen LogP contribution in [0.25, 0.3) is 17.1 Å². The lowest BCUT2D eigenvalue weighted by atomic mass is 10.1. The molecule has 2 aromatic carbocycles. The highest BCUT2D eigenvalue weighted by molar-refractivity contribution is 5.63. The molecular weight excluding hydrogens is 279 g/mol. The number of benzene rings is 2. The third-order valence-corrected chi connectivity index (χ3v) is 3.06. The van der Waals surface area contributed by atoms with E-state index in [2.05, 4.69) is 10.2 Å². The maximum absolute atomic E-state index is 13.1. The molecule has 0 aliphatic heterocycles. The normalized spacial score (nSPS) is 11.6. The van der Waals surface area contributed by atoms with Crippen molar-refractivity contribution in [2.24, 2.45) is 0 Å². The summed E-state index contributed by atoms with van der Waals surface area (Å²) < 4.78 is 40.9. The monoisotopic (exact) mass is 289 g/mol. The van der Waals surface area contributed by atoms with Gasteiger partial charge in [-0.15, -0.1) is 10.2 Å². The van der Waals surface area contributed by atoms with Crippen LogP contribution in [0.15, 0.2) is 60.9 Å². The number of aromatic nitrogens is 3. The Labute approximate surface area is 118 Å². The van der Waals surface area contributed by atoms with Crippen molar-refractivity contribution in [3.8, 4) is 17.1 Å². The van der Waals surface area contributed by atoms with Gasteiger partial charge < -0.3 is 0 Å². The first-order valence-electron chi connectivity index (χ1n) is 6.19. The molecule has 0 amide bonds. The van der Waals surface area contributed by atoms with E-state index in [1.807, 2.05) is 6.07 Å². The first kappa shape index (κ1) is 13.4. The largest absolute Gasteiger partial charge is 0.417 e. The second-order valence-corrected chi connectivity index (χ2v) is 4.40. The standard InChI is InChI=1S/C15H10F3N3/c16-15(17,18)13-9-5-4-8-12(13)14-20-19-10-21(14)11-6-2-1-3-7-11/h1-10H. The van der Waals surface area contributed by atoms with Crippen LogP contribution < -0.4 is 0 Å². The molecule has 6 heteroatoms. The molecule has 21 heavy (non-hydrogen) atoms. The Morgan fingerprint density at radius 3 is 2.24 bits per heavy atom. The van der Waals surface area contributed by atoms with E-state index in [0.29, 0.717) is 5.69 Å². The maximum atomic E-state index is 13.1. The summed E-state index contributed by atoms with van der Waals surface area (Å²) in [5.41, 5.74) is -0.0176. The van der Waals surface area contributed by atoms with Gasteiger partial charge in [0.1, 0.15) is 6.33 Å². The van der Waals surface area contributed by atoms with E-state index >= 15 is 0 Å². The number of halogens is 3. The molecule has 0 aliphatic carbocycles. The number of para-hydroxylation sites is 1. The molecule has 3 aromatic rings. The second kappa shape index (κ2) is 5.05. The molecule has 0 fully saturated rings. The van der Waals surface area contributed by atoms with E-state index in [9.17, 15) is 13.2 Å². The first-order valence-corrected chi connectivity index (χ1v) is 6.19. The van der Waals surface area contributed by atoms with Gasteiger partial charge in [0.05, 0.1) is 5.56 Å². The highest BCUT2D eigenvalue weighted by atomic mass is 19.4. The third-order valence-electron chi connectivity index (χ3n) is 3.06. The lowest BCUT2D eigenvalue weighted by Gasteiger charge is -2.13. The number of hydrogen-bond donors (Lipinski definition) is 0. The van der Waals surface area contributed by atoms with Crippen LogP contribution in [0.1, 0.15) is 5.56 Å². The Morgan fingerprint density at radius 1 is 0.857 bits per heavy atom. The van der Waals surface area contributed by atoms with Crippen LogP contribution in [0.4, 0.5) is 13.2 Å². The Hall–Kier alpha value is -2.63. The fraction of sp³-hybridized carbons (Fsp3) is 0.0667. The first-order chi connectivity index (χ1) is 10.1. The molecule has 0 aliphatic rings. The summed E-state index contributed by atoms with van der Waals surface area (Å²) in [7, 11) is 0. The van der Waals surface area contributed by atoms with Crippen LogP contribution in [0.5, 0.6) is 0 Å². The lowest BCUT2D eigenvalue weighted by molar-refractivity contribution is -0.137. The van der Waals surface area contributed by atoms with E-state index in [1.54, 1.807) is 30.3 Å². The molecule has 0 atom stereocenters. The van der Waals surface area contributed by atoms with Crippen LogP contribution >= 0.6 is 0 Å². The van der Waals surface area contributed by atoms with Crippen LogP contribution in [0.2, 0.25) is 0 Å². The van der Waals surface area contributed by atoms with Crippen LogP contribution in [-0.2, 0) is 6.18 Å². The summed E-state index contributed by atoms with van der Waals surface area (Å²) >= 11 is 0. The second-order valence-electron chi connectivity index (χ2n) is 4.40. The molecule has 0 unspecified atom stereocenters. The van der Waals surface area contributed by atoms with Crippen molar-refractivity contribution in [3.63, 3.8) is 0 Å². The van der Waals surface area contributed by atoms with Gasteiger partial charge >= 0.3 is 6.18 Å². The number of nitrogens with zero attached hydrogens (tertiary/aromatic N) is 3. The summed E-state index contributed by atoms with van der Waals surface area (Å²) in [5, 5.41) is 7.59. The summed E-state index contributed by atoms with van der Waals surface area (Å²) in [6.45, 7) is 0. The predicted molar refractivity (Wildman–Crippen MR) is 71.8 cm³/mol. The zero-order valence-corrected chi connectivity index (χ0v) is 10.7. The molecule has 1 heterocycles. The van der Waals surface area contributed by atoms with Crippen molar-refractivity contribution < 1.29 is 13.2 Å². The van der Waals surface area contributed by atoms with Crippen molar-refractivity contribution in [2.45, 2.75) is 6.18 Å². The highest BCUT2D eigenvalue weighted by Gasteiger charge is 2.34. The van der Waals surface area contributed by atoms with Gasteiger partial charge in [0.25, 0.3) is 0 Å². The minimum atomic E-state index is -4.44. The van der Waals surface area contributed by atoms with Crippen LogP contribution in [0, 0.1) is 0 Å². The fourth-order valence-electron chi connectivity index (χ4n) is 2.12. The maximum Gasteiger partial charge on any atom is 0.417 e. The average molecular weight is 289 g/mol. The molecule has 0 bridgehead atoms. The number of rotatable bonds is 2. The van der Waals surface area contributed by atoms with Crippen molar-refractivity contribution in [2.75, 3.05) is 0 Å². The number of alkyl halides is 3. The average Bonchev–Trinajstić information content (AvgIpc) is 2.96. The van der Waals surface area contributed by atoms with E-state index in [-0.39, 0.29) is 11.4 Å². The molecule has 0 radical (unpaired) electrons. The zero-order chi connectivity index (χ0) is 14.9. The zero-order valence-electron chi connectivity index (χ0n) is 10.7. The van der Waals surface area contributed by atoms with Gasteiger partial charge in [0, 0.05) is 11.3 Å². The van der Waals surface area contributed by atoms with Crippen LogP contribution in [0.3, 0.4) is 0 Å². The lowest BCUT2D eigenvalue weighted by Crippen LogP contribution is -2.08. The van der Waals surface area contributed by atoms with Crippen molar-refractivity contribution in [1.29, 1.82) is 0 Å². The van der Waals surface area contributed by atoms with E-state index in [4.69, 9.17) is 0 Å². The van der Waals surface area contributed by atoms with E-state index in [0.717, 1.165) is 6.07 Å². The van der Waals surface area contributed by atoms with Gasteiger partial charge in [0.2, 0.25) is 0 Å². The van der Waals surface area contributed by atoms with Gasteiger partial charge in [-0.2, -0.15) is 13.2 Å². The molecule has 0 saturated heterocycles. The molecule has 0 saturated carbocycles. The van der Waals surface area contributed by atoms with Crippen molar-refractivity contribution in [3.05, 3.63) is 66.5 Å². The Kier molecular flexibility index (Phi) is 3.21. The summed E-state index contributed by atoms with van der Waals surface area (Å²) in [6.07, 6.45) is -3.04. The minimum absolute atomic E-state index is 0.00588. The molecule has 106 valence electrons.